The van der Waals surface area contributed by atoms with Gasteiger partial charge >= 0.3 is 6.18 Å². The third-order valence-electron chi connectivity index (χ3n) is 5.01. The quantitative estimate of drug-likeness (QED) is 0.728. The molecular weight excluding hydrogens is 403 g/mol. The van der Waals surface area contributed by atoms with E-state index in [2.05, 4.69) is 15.3 Å². The van der Waals surface area contributed by atoms with Gasteiger partial charge in [0.1, 0.15) is 12.3 Å². The summed E-state index contributed by atoms with van der Waals surface area (Å²) in [7, 11) is 1.54. The Labute approximate surface area is 171 Å². The molecule has 3 heterocycles. The molecule has 1 aliphatic rings. The highest BCUT2D eigenvalue weighted by Gasteiger charge is 2.39. The van der Waals surface area contributed by atoms with Gasteiger partial charge in [-0.15, -0.1) is 0 Å². The maximum Gasteiger partial charge on any atom is 0.405 e. The minimum absolute atomic E-state index is 0.217. The van der Waals surface area contributed by atoms with Crippen molar-refractivity contribution in [2.45, 2.75) is 31.6 Å². The molecule has 1 amide bonds. The van der Waals surface area contributed by atoms with Gasteiger partial charge < -0.3 is 19.8 Å². The molecule has 0 saturated carbocycles. The van der Waals surface area contributed by atoms with Crippen molar-refractivity contribution in [1.29, 1.82) is 0 Å². The molecule has 2 N–H and O–H groups in total. The number of halogens is 3. The number of hydrogen-bond donors (Lipinski definition) is 2. The summed E-state index contributed by atoms with van der Waals surface area (Å²) >= 11 is 0. The van der Waals surface area contributed by atoms with Crippen molar-refractivity contribution >= 4 is 5.91 Å². The lowest BCUT2D eigenvalue weighted by atomic mass is 10.00. The van der Waals surface area contributed by atoms with Crippen LogP contribution in [0.1, 0.15) is 19.7 Å². The highest BCUT2D eigenvalue weighted by atomic mass is 19.4. The molecule has 0 aromatic carbocycles. The molecule has 0 radical (unpaired) electrons. The van der Waals surface area contributed by atoms with Gasteiger partial charge in [0.25, 0.3) is 0 Å². The van der Waals surface area contributed by atoms with E-state index in [1.165, 1.54) is 0 Å². The first-order chi connectivity index (χ1) is 14.1. The van der Waals surface area contributed by atoms with E-state index in [0.29, 0.717) is 36.1 Å². The first-order valence-electron chi connectivity index (χ1n) is 9.39. The monoisotopic (exact) mass is 427 g/mol. The van der Waals surface area contributed by atoms with E-state index in [1.54, 1.807) is 31.8 Å². The Morgan fingerprint density at radius 3 is 2.83 bits per heavy atom. The first kappa shape index (κ1) is 22.0. The van der Waals surface area contributed by atoms with Gasteiger partial charge in [-0.25, -0.2) is 4.98 Å². The number of hydrogen-bond acceptors (Lipinski definition) is 7. The van der Waals surface area contributed by atoms with Crippen LogP contribution < -0.4 is 15.4 Å². The summed E-state index contributed by atoms with van der Waals surface area (Å²) in [6.07, 6.45) is 0.344. The summed E-state index contributed by atoms with van der Waals surface area (Å²) in [5.74, 6) is 0.832. The highest BCUT2D eigenvalue weighted by molar-refractivity contribution is 5.82. The lowest BCUT2D eigenvalue weighted by Crippen LogP contribution is -2.61. The maximum atomic E-state index is 12.4. The van der Waals surface area contributed by atoms with Crippen LogP contribution >= 0.6 is 0 Å². The summed E-state index contributed by atoms with van der Waals surface area (Å²) in [6, 6.07) is 1.01. The molecule has 0 bridgehead atoms. The second kappa shape index (κ2) is 8.60. The van der Waals surface area contributed by atoms with Crippen LogP contribution in [0.5, 0.6) is 5.75 Å². The number of methoxy groups -OCH3 is 1. The van der Waals surface area contributed by atoms with Gasteiger partial charge in [-0.1, -0.05) is 0 Å². The highest BCUT2D eigenvalue weighted by Crippen LogP contribution is 2.32. The minimum atomic E-state index is -4.45. The number of rotatable bonds is 6. The Balaban J connectivity index is 1.72. The summed E-state index contributed by atoms with van der Waals surface area (Å²) in [5, 5.41) is 4.89. The van der Waals surface area contributed by atoms with Gasteiger partial charge in [-0.2, -0.15) is 13.2 Å². The number of carbonyl (C=O) groups excluding carboxylic acids is 1. The number of pyridine rings is 1. The molecule has 30 heavy (non-hydrogen) atoms. The van der Waals surface area contributed by atoms with Gasteiger partial charge in [-0.3, -0.25) is 14.7 Å². The number of aromatic nitrogens is 2. The van der Waals surface area contributed by atoms with E-state index in [9.17, 15) is 18.0 Å². The SMILES string of the molecule is COc1cncc(-c2cnc(C(C)(C)N3CCNC(C(=O)NCC(F)(F)F)C3)o2)c1. The first-order valence-corrected chi connectivity index (χ1v) is 9.39. The van der Waals surface area contributed by atoms with E-state index in [1.807, 2.05) is 24.1 Å². The van der Waals surface area contributed by atoms with Crippen LogP contribution in [0, 0.1) is 0 Å². The van der Waals surface area contributed by atoms with Gasteiger partial charge in [-0.05, 0) is 19.9 Å². The molecule has 11 heteroatoms. The van der Waals surface area contributed by atoms with E-state index >= 15 is 0 Å². The smallest absolute Gasteiger partial charge is 0.405 e. The standard InChI is InChI=1S/C19H24F3N5O3/c1-18(2,17-25-9-15(30-17)12-6-13(29-3)8-23-7-12)27-5-4-24-14(10-27)16(28)26-11-19(20,21)22/h6-9,14,24H,4-5,10-11H2,1-3H3,(H,26,28). The molecule has 164 valence electrons. The maximum absolute atomic E-state index is 12.4. The molecule has 1 fully saturated rings. The van der Waals surface area contributed by atoms with E-state index < -0.39 is 30.2 Å². The lowest BCUT2D eigenvalue weighted by Gasteiger charge is -2.41. The predicted octanol–water partition coefficient (Wildman–Crippen LogP) is 1.93. The molecule has 1 saturated heterocycles. The third kappa shape index (κ3) is 5.08. The van der Waals surface area contributed by atoms with Gasteiger partial charge in [0, 0.05) is 31.4 Å². The van der Waals surface area contributed by atoms with Crippen molar-refractivity contribution in [2.24, 2.45) is 0 Å². The molecule has 1 unspecified atom stereocenters. The molecule has 3 rings (SSSR count). The van der Waals surface area contributed by atoms with Crippen LogP contribution in [0.25, 0.3) is 11.3 Å². The zero-order valence-electron chi connectivity index (χ0n) is 16.9. The fourth-order valence-electron chi connectivity index (χ4n) is 3.23. The fraction of sp³-hybridized carbons (Fsp3) is 0.526. The molecule has 2 aromatic rings. The Bertz CT molecular complexity index is 884. The molecule has 8 nitrogen and oxygen atoms in total. The normalized spacial score (nSPS) is 18.3. The van der Waals surface area contributed by atoms with Gasteiger partial charge in [0.05, 0.1) is 31.1 Å². The number of nitrogens with one attached hydrogen (secondary N) is 2. The minimum Gasteiger partial charge on any atom is -0.495 e. The summed E-state index contributed by atoms with van der Waals surface area (Å²) < 4.78 is 48.3. The molecule has 2 aromatic heterocycles. The van der Waals surface area contributed by atoms with Crippen LogP contribution in [0.4, 0.5) is 13.2 Å². The molecule has 0 spiro atoms. The van der Waals surface area contributed by atoms with E-state index in [4.69, 9.17) is 9.15 Å². The van der Waals surface area contributed by atoms with Crippen molar-refractivity contribution in [2.75, 3.05) is 33.3 Å². The largest absolute Gasteiger partial charge is 0.495 e. The third-order valence-corrected chi connectivity index (χ3v) is 5.01. The number of piperazine rings is 1. The van der Waals surface area contributed by atoms with Crippen molar-refractivity contribution < 1.29 is 27.1 Å². The number of carbonyl (C=O) groups is 1. The van der Waals surface area contributed by atoms with Crippen LogP contribution in [0.3, 0.4) is 0 Å². The lowest BCUT2D eigenvalue weighted by molar-refractivity contribution is -0.140. The number of ether oxygens (including phenoxy) is 1. The number of amides is 1. The summed E-state index contributed by atoms with van der Waals surface area (Å²) in [6.45, 7) is 3.67. The second-order valence-corrected chi connectivity index (χ2v) is 7.49. The van der Waals surface area contributed by atoms with Gasteiger partial charge in [0.15, 0.2) is 5.76 Å². The van der Waals surface area contributed by atoms with Gasteiger partial charge in [0.2, 0.25) is 11.8 Å². The zero-order chi connectivity index (χ0) is 21.9. The Morgan fingerprint density at radius 2 is 2.13 bits per heavy atom. The second-order valence-electron chi connectivity index (χ2n) is 7.49. The zero-order valence-corrected chi connectivity index (χ0v) is 16.9. The van der Waals surface area contributed by atoms with Crippen molar-refractivity contribution in [3.05, 3.63) is 30.5 Å². The van der Waals surface area contributed by atoms with Crippen LogP contribution in [-0.2, 0) is 10.3 Å². The molecular formula is C19H24F3N5O3. The summed E-state index contributed by atoms with van der Waals surface area (Å²) in [5.41, 5.74) is 0.0171. The number of oxazole rings is 1. The van der Waals surface area contributed by atoms with Crippen LogP contribution in [-0.4, -0.2) is 66.3 Å². The van der Waals surface area contributed by atoms with Crippen molar-refractivity contribution in [1.82, 2.24) is 25.5 Å². The van der Waals surface area contributed by atoms with E-state index in [0.717, 1.165) is 0 Å². The Kier molecular flexibility index (Phi) is 6.32. The van der Waals surface area contributed by atoms with Crippen molar-refractivity contribution in [3.8, 4) is 17.1 Å². The predicted molar refractivity (Wildman–Crippen MR) is 102 cm³/mol. The number of nitrogens with zero attached hydrogens (tertiary/aromatic N) is 3. The summed E-state index contributed by atoms with van der Waals surface area (Å²) in [4.78, 5) is 22.6. The Morgan fingerprint density at radius 1 is 1.37 bits per heavy atom. The average molecular weight is 427 g/mol. The van der Waals surface area contributed by atoms with Crippen LogP contribution in [0.2, 0.25) is 0 Å². The topological polar surface area (TPSA) is 92.5 Å². The number of alkyl halides is 3. The average Bonchev–Trinajstić information content (AvgIpc) is 3.23. The molecule has 1 atom stereocenters. The fourth-order valence-corrected chi connectivity index (χ4v) is 3.23. The van der Waals surface area contributed by atoms with Crippen molar-refractivity contribution in [3.63, 3.8) is 0 Å². The molecule has 1 aliphatic heterocycles. The Hall–Kier alpha value is -2.66. The van der Waals surface area contributed by atoms with Crippen LogP contribution in [0.15, 0.2) is 29.1 Å². The van der Waals surface area contributed by atoms with E-state index in [-0.39, 0.29) is 6.54 Å². The molecule has 0 aliphatic carbocycles.